The number of benzene rings is 2. The van der Waals surface area contributed by atoms with Gasteiger partial charge in [-0.2, -0.15) is 0 Å². The van der Waals surface area contributed by atoms with E-state index in [-0.39, 0.29) is 23.9 Å². The quantitative estimate of drug-likeness (QED) is 0.110. The zero-order valence-corrected chi connectivity index (χ0v) is 41.0. The zero-order valence-electron chi connectivity index (χ0n) is 40.0. The molecule has 0 amide bonds. The summed E-state index contributed by atoms with van der Waals surface area (Å²) in [6.45, 7) is 2.63. The summed E-state index contributed by atoms with van der Waals surface area (Å²) in [5.74, 6) is 3.03. The van der Waals surface area contributed by atoms with Gasteiger partial charge >= 0.3 is 8.88 Å². The van der Waals surface area contributed by atoms with E-state index < -0.39 is 15.0 Å². The molecule has 366 valence electrons. The van der Waals surface area contributed by atoms with E-state index in [1.54, 1.807) is 37.2 Å². The molecule has 10 heterocycles. The fraction of sp³-hybridized carbons (Fsp3) is 0.346. The standard InChI is InChI=1S/C52H52N18O2Si/c1-3-11-31(12-4-1)27-61-35-17-9-7-15-33(35)29-71-73(72-30-34-16-8-10-18-36(34)62-28-32-13-5-2-6-14-32)69-49-41-42(58-24-23-57-41)51(69)67-47-39-40(56-22-21-55-39)48(64-47)68-52-44-43(59-25-26-60-44)50(70(52)73)66-46-38-37(45(63-46)65-49)53-19-20-54-38/h1-6,11-14,19-21,23-26,33-36,49,56,61-62H,7-10,15-18,22,27-30H2,(H,63,65,66)/b67-51-,68-48-/t33-,34-,35?,36?,49?,73?/m1/s1. The van der Waals surface area contributed by atoms with Crippen LogP contribution in [0.4, 0.5) is 11.6 Å². The van der Waals surface area contributed by atoms with Gasteiger partial charge in [0.25, 0.3) is 0 Å². The van der Waals surface area contributed by atoms with Gasteiger partial charge < -0.3 is 30.1 Å². The summed E-state index contributed by atoms with van der Waals surface area (Å²) < 4.78 is 20.4. The Balaban J connectivity index is 1.01. The van der Waals surface area contributed by atoms with Crippen LogP contribution in [0, 0.1) is 11.8 Å². The van der Waals surface area contributed by atoms with Crippen molar-refractivity contribution in [3.8, 4) is 0 Å². The highest BCUT2D eigenvalue weighted by Crippen LogP contribution is 2.47. The van der Waals surface area contributed by atoms with Crippen molar-refractivity contribution in [2.75, 3.05) is 19.8 Å². The van der Waals surface area contributed by atoms with Gasteiger partial charge in [-0.1, -0.05) is 86.3 Å². The molecular weight excluding hydrogens is 937 g/mol. The van der Waals surface area contributed by atoms with Crippen LogP contribution < -0.4 is 21.3 Å². The van der Waals surface area contributed by atoms with Gasteiger partial charge in [0, 0.05) is 81.8 Å². The topological polar surface area (TPSA) is 226 Å². The summed E-state index contributed by atoms with van der Waals surface area (Å²) in [5, 5.41) is 15.2. The summed E-state index contributed by atoms with van der Waals surface area (Å²) in [5.41, 5.74) is 6.82. The fourth-order valence-corrected chi connectivity index (χ4v) is 15.1. The van der Waals surface area contributed by atoms with Crippen molar-refractivity contribution in [1.29, 1.82) is 0 Å². The number of hydrogen-bond donors (Lipinski definition) is 4. The second-order valence-corrected chi connectivity index (χ2v) is 22.1. The Hall–Kier alpha value is -7.56. The predicted octanol–water partition coefficient (Wildman–Crippen LogP) is 5.57. The van der Waals surface area contributed by atoms with Crippen LogP contribution >= 0.6 is 0 Å². The van der Waals surface area contributed by atoms with Gasteiger partial charge in [-0.3, -0.25) is 18.8 Å². The molecular formula is C52H52N18O2Si. The first-order chi connectivity index (χ1) is 36.2. The first-order valence-electron chi connectivity index (χ1n) is 25.5. The van der Waals surface area contributed by atoms with Crippen LogP contribution in [0.1, 0.15) is 91.4 Å². The highest BCUT2D eigenvalue weighted by atomic mass is 28.4. The van der Waals surface area contributed by atoms with Crippen molar-refractivity contribution >= 4 is 66.9 Å². The third-order valence-electron chi connectivity index (χ3n) is 15.2. The number of aliphatic imine (C=N–C) groups is 6. The van der Waals surface area contributed by atoms with Gasteiger partial charge in [0.15, 0.2) is 40.8 Å². The van der Waals surface area contributed by atoms with Crippen LogP contribution in [0.5, 0.6) is 0 Å². The van der Waals surface area contributed by atoms with Crippen LogP contribution in [0.15, 0.2) is 139 Å². The molecule has 0 saturated heterocycles. The number of hydrogen-bond acceptors (Lipinski definition) is 19. The molecule has 0 radical (unpaired) electrons. The van der Waals surface area contributed by atoms with Crippen LogP contribution in [0.2, 0.25) is 0 Å². The molecule has 6 aliphatic heterocycles. The van der Waals surface area contributed by atoms with Gasteiger partial charge in [0.05, 0.1) is 6.54 Å². The lowest BCUT2D eigenvalue weighted by Crippen LogP contribution is -2.68. The molecule has 4 aromatic heterocycles. The third kappa shape index (κ3) is 7.72. The number of nitrogens with one attached hydrogen (secondary N) is 4. The maximum atomic E-state index is 8.11. The molecule has 6 bridgehead atoms. The van der Waals surface area contributed by atoms with E-state index in [0.29, 0.717) is 106 Å². The molecule has 20 nitrogen and oxygen atoms in total. The highest BCUT2D eigenvalue weighted by molar-refractivity contribution is 6.68. The van der Waals surface area contributed by atoms with Crippen LogP contribution in [-0.4, -0.2) is 115 Å². The molecule has 21 heteroatoms. The summed E-state index contributed by atoms with van der Waals surface area (Å²) in [6, 6.07) is 21.5. The average molecular weight is 989 g/mol. The fourth-order valence-electron chi connectivity index (χ4n) is 11.6. The summed E-state index contributed by atoms with van der Waals surface area (Å²) in [6.07, 6.45) is 19.4. The minimum Gasteiger partial charge on any atom is -0.375 e. The van der Waals surface area contributed by atoms with Gasteiger partial charge in [0.1, 0.15) is 51.4 Å². The van der Waals surface area contributed by atoms with E-state index in [2.05, 4.69) is 90.7 Å². The first kappa shape index (κ1) is 44.2. The molecule has 2 aromatic carbocycles. The van der Waals surface area contributed by atoms with Crippen molar-refractivity contribution in [2.45, 2.75) is 82.7 Å². The third-order valence-corrected chi connectivity index (χ3v) is 18.3. The Morgan fingerprint density at radius 1 is 0.589 bits per heavy atom. The Morgan fingerprint density at radius 2 is 1.18 bits per heavy atom. The second-order valence-electron chi connectivity index (χ2n) is 19.5. The molecule has 0 spiro atoms. The van der Waals surface area contributed by atoms with Crippen molar-refractivity contribution < 1.29 is 8.85 Å². The lowest BCUT2D eigenvalue weighted by atomic mass is 9.85. The SMILES string of the molecule is C1=NC2=C(NC1)/C1=N/c3c4nccnc4c4n3[Si](OC[C@H]3CCCCC3NCc3ccccc3)(OC[C@H]3CCCCC3NCc3ccccc3)N3/C(=N\C2=N1)c1nccnc1C3NC1=N/C(=N\4)c2nccnc21. The molecule has 73 heavy (non-hydrogen) atoms. The van der Waals surface area contributed by atoms with Gasteiger partial charge in [-0.15, -0.1) is 0 Å². The molecule has 2 aliphatic carbocycles. The highest BCUT2D eigenvalue weighted by Gasteiger charge is 2.63. The van der Waals surface area contributed by atoms with Crippen molar-refractivity contribution in [3.05, 3.63) is 143 Å². The number of amidine groups is 5. The van der Waals surface area contributed by atoms with E-state index in [0.717, 1.165) is 64.5 Å². The Kier molecular flexibility index (Phi) is 11.2. The molecule has 6 aromatic rings. The molecule has 5 atom stereocenters. The normalized spacial score (nSPS) is 27.5. The van der Waals surface area contributed by atoms with Gasteiger partial charge in [-0.25, -0.2) is 49.9 Å². The van der Waals surface area contributed by atoms with E-state index in [1.807, 2.05) is 6.21 Å². The lowest BCUT2D eigenvalue weighted by molar-refractivity contribution is 0.0542. The molecule has 3 unspecified atom stereocenters. The molecule has 2 fully saturated rings. The predicted molar refractivity (Wildman–Crippen MR) is 278 cm³/mol. The monoisotopic (exact) mass is 988 g/mol. The zero-order chi connectivity index (χ0) is 48.3. The number of nitrogens with zero attached hydrogens (tertiary/aromatic N) is 14. The Labute approximate surface area is 421 Å². The van der Waals surface area contributed by atoms with Crippen molar-refractivity contribution in [2.24, 2.45) is 41.8 Å². The second kappa shape index (κ2) is 18.5. The smallest absolute Gasteiger partial charge is 0.375 e. The summed E-state index contributed by atoms with van der Waals surface area (Å²) >= 11 is 0. The molecule has 8 aliphatic rings. The summed E-state index contributed by atoms with van der Waals surface area (Å²) in [7, 11) is -4.50. The first-order valence-corrected chi connectivity index (χ1v) is 27.2. The summed E-state index contributed by atoms with van der Waals surface area (Å²) in [4.78, 5) is 61.7. The van der Waals surface area contributed by atoms with E-state index >= 15 is 0 Å². The van der Waals surface area contributed by atoms with E-state index in [1.165, 1.54) is 11.1 Å². The van der Waals surface area contributed by atoms with E-state index in [4.69, 9.17) is 68.7 Å². The van der Waals surface area contributed by atoms with Crippen LogP contribution in [-0.2, 0) is 21.9 Å². The number of aromatic nitrogens is 7. The van der Waals surface area contributed by atoms with Crippen LogP contribution in [0.3, 0.4) is 0 Å². The van der Waals surface area contributed by atoms with Crippen molar-refractivity contribution in [1.82, 2.24) is 60.0 Å². The Bertz CT molecular complexity index is 3300. The van der Waals surface area contributed by atoms with Crippen molar-refractivity contribution in [3.63, 3.8) is 0 Å². The van der Waals surface area contributed by atoms with Gasteiger partial charge in [0.2, 0.25) is 0 Å². The van der Waals surface area contributed by atoms with Gasteiger partial charge in [-0.05, 0) is 48.6 Å². The van der Waals surface area contributed by atoms with Crippen LogP contribution in [0.25, 0.3) is 11.0 Å². The molecule has 2 saturated carbocycles. The Morgan fingerprint density at radius 3 is 1.85 bits per heavy atom. The lowest BCUT2D eigenvalue weighted by Gasteiger charge is -2.45. The maximum Gasteiger partial charge on any atom is 0.599 e. The largest absolute Gasteiger partial charge is 0.599 e. The molecule has 4 N–H and O–H groups in total. The number of fused-ring (bicyclic) bond motifs is 13. The minimum atomic E-state index is -4.50. The number of rotatable bonds is 12. The molecule has 14 rings (SSSR count). The minimum absolute atomic E-state index is 0.105. The van der Waals surface area contributed by atoms with E-state index in [9.17, 15) is 0 Å². The maximum absolute atomic E-state index is 8.11. The average Bonchev–Trinajstić information content (AvgIpc) is 4.18.